The van der Waals surface area contributed by atoms with Gasteiger partial charge >= 0.3 is 5.97 Å². The minimum Gasteiger partial charge on any atom is -0.480 e. The Morgan fingerprint density at radius 3 is 2.74 bits per heavy atom. The normalized spacial score (nSPS) is 18.2. The van der Waals surface area contributed by atoms with Crippen LogP contribution in [0.25, 0.3) is 0 Å². The molecule has 0 aromatic heterocycles. The molecule has 0 bridgehead atoms. The van der Waals surface area contributed by atoms with Crippen molar-refractivity contribution in [3.05, 3.63) is 29.8 Å². The van der Waals surface area contributed by atoms with Crippen LogP contribution in [0.15, 0.2) is 24.3 Å². The van der Waals surface area contributed by atoms with Crippen molar-refractivity contribution in [3.63, 3.8) is 0 Å². The number of anilines is 1. The average Bonchev–Trinajstić information content (AvgIpc) is 2.33. The van der Waals surface area contributed by atoms with E-state index in [1.54, 1.807) is 12.1 Å². The van der Waals surface area contributed by atoms with Crippen molar-refractivity contribution in [2.45, 2.75) is 26.4 Å². The lowest BCUT2D eigenvalue weighted by Crippen LogP contribution is -2.51. The van der Waals surface area contributed by atoms with Crippen molar-refractivity contribution in [3.8, 4) is 0 Å². The molecule has 2 N–H and O–H groups in total. The number of fused-ring (bicyclic) bond motifs is 1. The first-order valence-corrected chi connectivity index (χ1v) is 6.37. The van der Waals surface area contributed by atoms with E-state index >= 15 is 0 Å². The van der Waals surface area contributed by atoms with Gasteiger partial charge in [-0.3, -0.25) is 9.59 Å². The van der Waals surface area contributed by atoms with Gasteiger partial charge in [-0.05, 0) is 24.5 Å². The maximum atomic E-state index is 12.4. The summed E-state index contributed by atoms with van der Waals surface area (Å²) in [6.45, 7) is 3.81. The maximum Gasteiger partial charge on any atom is 0.323 e. The molecule has 102 valence electrons. The Labute approximate surface area is 112 Å². The molecule has 0 spiro atoms. The standard InChI is InChI=1S/C14H18N2O3/c1-9(2)7-12-15-11-6-4-3-5-10(11)14(19)16(12)8-13(17)18/h3-6,9,12,15H,7-8H2,1-2H3,(H,17,18)/t12-/m0/s1. The largest absolute Gasteiger partial charge is 0.480 e. The van der Waals surface area contributed by atoms with Gasteiger partial charge in [0, 0.05) is 5.69 Å². The zero-order valence-corrected chi connectivity index (χ0v) is 11.1. The number of benzene rings is 1. The molecule has 0 radical (unpaired) electrons. The Morgan fingerprint density at radius 2 is 2.11 bits per heavy atom. The molecule has 0 aliphatic carbocycles. The Morgan fingerprint density at radius 1 is 1.42 bits per heavy atom. The number of nitrogens with one attached hydrogen (secondary N) is 1. The first-order valence-electron chi connectivity index (χ1n) is 6.37. The summed E-state index contributed by atoms with van der Waals surface area (Å²) in [5.74, 6) is -0.849. The summed E-state index contributed by atoms with van der Waals surface area (Å²) < 4.78 is 0. The molecule has 1 aliphatic heterocycles. The van der Waals surface area contributed by atoms with E-state index in [-0.39, 0.29) is 18.6 Å². The Hall–Kier alpha value is -2.04. The molecule has 1 heterocycles. The topological polar surface area (TPSA) is 69.6 Å². The van der Waals surface area contributed by atoms with Gasteiger partial charge in [0.1, 0.15) is 12.7 Å². The summed E-state index contributed by atoms with van der Waals surface area (Å²) in [6.07, 6.45) is 0.450. The van der Waals surface area contributed by atoms with Crippen LogP contribution < -0.4 is 5.32 Å². The molecular weight excluding hydrogens is 244 g/mol. The highest BCUT2D eigenvalue weighted by Gasteiger charge is 2.33. The quantitative estimate of drug-likeness (QED) is 0.871. The third-order valence-corrected chi connectivity index (χ3v) is 3.12. The summed E-state index contributed by atoms with van der Waals surface area (Å²) >= 11 is 0. The number of hydrogen-bond acceptors (Lipinski definition) is 3. The van der Waals surface area contributed by atoms with Crippen LogP contribution in [-0.4, -0.2) is 34.6 Å². The van der Waals surface area contributed by atoms with Crippen molar-refractivity contribution in [1.29, 1.82) is 0 Å². The van der Waals surface area contributed by atoms with E-state index in [1.807, 2.05) is 26.0 Å². The van der Waals surface area contributed by atoms with Crippen molar-refractivity contribution in [1.82, 2.24) is 4.90 Å². The van der Waals surface area contributed by atoms with E-state index < -0.39 is 5.97 Å². The number of carbonyl (C=O) groups is 2. The maximum absolute atomic E-state index is 12.4. The Kier molecular flexibility index (Phi) is 3.74. The van der Waals surface area contributed by atoms with E-state index in [1.165, 1.54) is 4.90 Å². The molecule has 0 saturated heterocycles. The fraction of sp³-hybridized carbons (Fsp3) is 0.429. The molecule has 1 aliphatic rings. The van der Waals surface area contributed by atoms with Crippen molar-refractivity contribution < 1.29 is 14.7 Å². The molecule has 0 unspecified atom stereocenters. The Bertz CT molecular complexity index is 499. The van der Waals surface area contributed by atoms with Crippen LogP contribution in [0.2, 0.25) is 0 Å². The first kappa shape index (κ1) is 13.4. The molecule has 5 nitrogen and oxygen atoms in total. The number of nitrogens with zero attached hydrogens (tertiary/aromatic N) is 1. The number of amides is 1. The third-order valence-electron chi connectivity index (χ3n) is 3.12. The summed E-state index contributed by atoms with van der Waals surface area (Å²) in [5.41, 5.74) is 1.31. The summed E-state index contributed by atoms with van der Waals surface area (Å²) in [7, 11) is 0. The molecular formula is C14H18N2O3. The van der Waals surface area contributed by atoms with Crippen LogP contribution in [0.5, 0.6) is 0 Å². The van der Waals surface area contributed by atoms with Crippen molar-refractivity contribution in [2.24, 2.45) is 5.92 Å². The second-order valence-corrected chi connectivity index (χ2v) is 5.16. The number of aliphatic carboxylic acids is 1. The van der Waals surface area contributed by atoms with Crippen LogP contribution in [0.3, 0.4) is 0 Å². The van der Waals surface area contributed by atoms with E-state index in [2.05, 4.69) is 5.32 Å². The number of carbonyl (C=O) groups excluding carboxylic acids is 1. The minimum atomic E-state index is -0.997. The highest BCUT2D eigenvalue weighted by Crippen LogP contribution is 2.27. The molecule has 5 heteroatoms. The lowest BCUT2D eigenvalue weighted by atomic mass is 10.0. The van der Waals surface area contributed by atoms with Gasteiger partial charge in [0.25, 0.3) is 5.91 Å². The predicted octanol–water partition coefficient (Wildman–Crippen LogP) is 2.01. The van der Waals surface area contributed by atoms with Crippen LogP contribution in [-0.2, 0) is 4.79 Å². The van der Waals surface area contributed by atoms with Crippen molar-refractivity contribution in [2.75, 3.05) is 11.9 Å². The van der Waals surface area contributed by atoms with Gasteiger partial charge < -0.3 is 15.3 Å². The predicted molar refractivity (Wildman–Crippen MR) is 72.0 cm³/mol. The fourth-order valence-electron chi connectivity index (χ4n) is 2.31. The van der Waals surface area contributed by atoms with Crippen LogP contribution in [0.1, 0.15) is 30.6 Å². The number of rotatable bonds is 4. The van der Waals surface area contributed by atoms with Gasteiger partial charge in [-0.25, -0.2) is 0 Å². The van der Waals surface area contributed by atoms with Gasteiger partial charge in [-0.1, -0.05) is 26.0 Å². The van der Waals surface area contributed by atoms with Crippen molar-refractivity contribution >= 4 is 17.6 Å². The Balaban J connectivity index is 2.32. The zero-order chi connectivity index (χ0) is 14.0. The first-order chi connectivity index (χ1) is 8.99. The number of carboxylic acids is 1. The highest BCUT2D eigenvalue weighted by molar-refractivity contribution is 6.02. The molecule has 1 amide bonds. The molecule has 2 rings (SSSR count). The van der Waals surface area contributed by atoms with E-state index in [0.717, 1.165) is 5.69 Å². The van der Waals surface area contributed by atoms with Gasteiger partial charge in [0.05, 0.1) is 5.56 Å². The lowest BCUT2D eigenvalue weighted by Gasteiger charge is -2.37. The minimum absolute atomic E-state index is 0.220. The summed E-state index contributed by atoms with van der Waals surface area (Å²) in [4.78, 5) is 24.7. The van der Waals surface area contributed by atoms with Gasteiger partial charge in [0.15, 0.2) is 0 Å². The number of carboxylic acid groups (broad SMARTS) is 1. The molecule has 19 heavy (non-hydrogen) atoms. The van der Waals surface area contributed by atoms with E-state index in [4.69, 9.17) is 5.11 Å². The van der Waals surface area contributed by atoms with Gasteiger partial charge in [0.2, 0.25) is 0 Å². The van der Waals surface area contributed by atoms with Crippen LogP contribution in [0.4, 0.5) is 5.69 Å². The second-order valence-electron chi connectivity index (χ2n) is 5.16. The number of hydrogen-bond donors (Lipinski definition) is 2. The molecule has 1 aromatic carbocycles. The second kappa shape index (κ2) is 5.30. The molecule has 1 atom stereocenters. The van der Waals surface area contributed by atoms with E-state index in [0.29, 0.717) is 17.9 Å². The van der Waals surface area contributed by atoms with E-state index in [9.17, 15) is 9.59 Å². The summed E-state index contributed by atoms with van der Waals surface area (Å²) in [6, 6.07) is 7.20. The zero-order valence-electron chi connectivity index (χ0n) is 11.1. The molecule has 0 saturated carbocycles. The van der Waals surface area contributed by atoms with Crippen LogP contribution in [0, 0.1) is 5.92 Å². The fourth-order valence-corrected chi connectivity index (χ4v) is 2.31. The smallest absolute Gasteiger partial charge is 0.323 e. The monoisotopic (exact) mass is 262 g/mol. The third kappa shape index (κ3) is 2.86. The molecule has 0 fully saturated rings. The molecule has 1 aromatic rings. The van der Waals surface area contributed by atoms with Gasteiger partial charge in [-0.2, -0.15) is 0 Å². The van der Waals surface area contributed by atoms with Crippen LogP contribution >= 0.6 is 0 Å². The number of para-hydroxylation sites is 1. The lowest BCUT2D eigenvalue weighted by molar-refractivity contribution is -0.138. The summed E-state index contributed by atoms with van der Waals surface area (Å²) in [5, 5.41) is 12.2. The SMILES string of the molecule is CC(C)C[C@H]1Nc2ccccc2C(=O)N1CC(=O)O. The average molecular weight is 262 g/mol. The highest BCUT2D eigenvalue weighted by atomic mass is 16.4. The van der Waals surface area contributed by atoms with Gasteiger partial charge in [-0.15, -0.1) is 0 Å².